The molecular weight excluding hydrogens is 234 g/mol. The zero-order valence-corrected chi connectivity index (χ0v) is 10.9. The van der Waals surface area contributed by atoms with Gasteiger partial charge in [-0.3, -0.25) is 0 Å². The van der Waals surface area contributed by atoms with Crippen molar-refractivity contribution in [1.82, 2.24) is 14.8 Å². The average molecular weight is 251 g/mol. The van der Waals surface area contributed by atoms with Gasteiger partial charge in [0.25, 0.3) is 0 Å². The summed E-state index contributed by atoms with van der Waals surface area (Å²) >= 11 is 1.63. The third kappa shape index (κ3) is 2.58. The molecule has 0 aromatic carbocycles. The van der Waals surface area contributed by atoms with E-state index in [4.69, 9.17) is 5.73 Å². The molecule has 0 saturated heterocycles. The number of aryl methyl sites for hydroxylation is 2. The summed E-state index contributed by atoms with van der Waals surface area (Å²) in [7, 11) is 0. The molecule has 2 heterocycles. The van der Waals surface area contributed by atoms with Crippen LogP contribution in [-0.2, 0) is 13.1 Å². The third-order valence-electron chi connectivity index (χ3n) is 2.50. The van der Waals surface area contributed by atoms with Gasteiger partial charge in [-0.2, -0.15) is 5.10 Å². The van der Waals surface area contributed by atoms with E-state index >= 15 is 0 Å². The van der Waals surface area contributed by atoms with Crippen LogP contribution in [0.15, 0.2) is 11.6 Å². The Morgan fingerprint density at radius 2 is 2.35 bits per heavy atom. The molecule has 0 bridgehead atoms. The predicted molar refractivity (Wildman–Crippen MR) is 71.1 cm³/mol. The Hall–Kier alpha value is -1.56. The van der Waals surface area contributed by atoms with Crippen LogP contribution in [0.4, 0.5) is 11.5 Å². The summed E-state index contributed by atoms with van der Waals surface area (Å²) < 4.78 is 1.93. The molecule has 17 heavy (non-hydrogen) atoms. The number of nitrogens with zero attached hydrogens (tertiary/aromatic N) is 3. The Bertz CT molecular complexity index is 474. The topological polar surface area (TPSA) is 68.8 Å². The number of nitrogens with two attached hydrogens (primary N) is 1. The van der Waals surface area contributed by atoms with Gasteiger partial charge in [-0.15, -0.1) is 11.3 Å². The van der Waals surface area contributed by atoms with Crippen LogP contribution in [0.1, 0.15) is 24.0 Å². The summed E-state index contributed by atoms with van der Waals surface area (Å²) in [6.45, 7) is 5.61. The zero-order chi connectivity index (χ0) is 12.3. The minimum Gasteiger partial charge on any atom is -0.394 e. The van der Waals surface area contributed by atoms with E-state index in [1.54, 1.807) is 17.5 Å². The number of thiazole rings is 1. The number of nitrogens with one attached hydrogen (secondary N) is 1. The number of hydrogen-bond acceptors (Lipinski definition) is 5. The minimum absolute atomic E-state index is 0.691. The molecule has 0 fully saturated rings. The molecule has 0 spiro atoms. The molecule has 3 N–H and O–H groups in total. The normalized spacial score (nSPS) is 10.7. The first-order valence-electron chi connectivity index (χ1n) is 5.67. The highest BCUT2D eigenvalue weighted by molar-refractivity contribution is 7.09. The summed E-state index contributed by atoms with van der Waals surface area (Å²) in [5, 5.41) is 10.7. The van der Waals surface area contributed by atoms with E-state index in [1.165, 1.54) is 0 Å². The number of nitrogen functional groups attached to an aromatic ring is 1. The van der Waals surface area contributed by atoms with E-state index in [-0.39, 0.29) is 0 Å². The van der Waals surface area contributed by atoms with E-state index in [2.05, 4.69) is 22.3 Å². The molecule has 92 valence electrons. The van der Waals surface area contributed by atoms with Crippen LogP contribution in [0.3, 0.4) is 0 Å². The Morgan fingerprint density at radius 1 is 1.53 bits per heavy atom. The van der Waals surface area contributed by atoms with Gasteiger partial charge in [-0.25, -0.2) is 9.67 Å². The molecule has 2 aromatic rings. The molecule has 0 aliphatic carbocycles. The summed E-state index contributed by atoms with van der Waals surface area (Å²) in [6.07, 6.45) is 2.84. The van der Waals surface area contributed by atoms with Crippen molar-refractivity contribution in [3.05, 3.63) is 22.3 Å². The van der Waals surface area contributed by atoms with Gasteiger partial charge in [-0.1, -0.05) is 6.92 Å². The molecule has 0 unspecified atom stereocenters. The van der Waals surface area contributed by atoms with Crippen molar-refractivity contribution in [2.75, 3.05) is 11.1 Å². The highest BCUT2D eigenvalue weighted by atomic mass is 32.1. The quantitative estimate of drug-likeness (QED) is 0.855. The number of rotatable bonds is 5. The fourth-order valence-electron chi connectivity index (χ4n) is 1.66. The second-order valence-corrected chi connectivity index (χ2v) is 4.83. The second-order valence-electron chi connectivity index (χ2n) is 3.85. The summed E-state index contributed by atoms with van der Waals surface area (Å²) in [6, 6.07) is 0. The Morgan fingerprint density at radius 3 is 3.00 bits per heavy atom. The lowest BCUT2D eigenvalue weighted by Crippen LogP contribution is -2.09. The van der Waals surface area contributed by atoms with Gasteiger partial charge >= 0.3 is 0 Å². The SMILES string of the molecule is CCCn1nc(C)c(N)c1NCc1nccs1. The van der Waals surface area contributed by atoms with E-state index < -0.39 is 0 Å². The zero-order valence-electron chi connectivity index (χ0n) is 10.1. The molecule has 0 radical (unpaired) electrons. The Kier molecular flexibility index (Phi) is 3.63. The predicted octanol–water partition coefficient (Wildman–Crippen LogP) is 2.25. The van der Waals surface area contributed by atoms with Crippen molar-refractivity contribution in [3.8, 4) is 0 Å². The number of aromatic nitrogens is 3. The van der Waals surface area contributed by atoms with Crippen molar-refractivity contribution >= 4 is 22.8 Å². The van der Waals surface area contributed by atoms with Crippen LogP contribution >= 0.6 is 11.3 Å². The monoisotopic (exact) mass is 251 g/mol. The molecule has 0 amide bonds. The van der Waals surface area contributed by atoms with Crippen molar-refractivity contribution in [1.29, 1.82) is 0 Å². The molecule has 0 aliphatic heterocycles. The van der Waals surface area contributed by atoms with Crippen LogP contribution in [0, 0.1) is 6.92 Å². The Balaban J connectivity index is 2.13. The molecule has 2 rings (SSSR count). The first-order chi connectivity index (χ1) is 8.22. The van der Waals surface area contributed by atoms with Gasteiger partial charge in [-0.05, 0) is 13.3 Å². The standard InChI is InChI=1S/C11H17N5S/c1-3-5-16-11(10(12)8(2)15-16)14-7-9-13-4-6-17-9/h4,6,14H,3,5,7,12H2,1-2H3. The van der Waals surface area contributed by atoms with Gasteiger partial charge in [0.15, 0.2) is 0 Å². The smallest absolute Gasteiger partial charge is 0.148 e. The van der Waals surface area contributed by atoms with Crippen LogP contribution in [0.25, 0.3) is 0 Å². The number of anilines is 2. The van der Waals surface area contributed by atoms with Crippen LogP contribution in [0.5, 0.6) is 0 Å². The summed E-state index contributed by atoms with van der Waals surface area (Å²) in [5.74, 6) is 0.902. The highest BCUT2D eigenvalue weighted by Crippen LogP contribution is 2.23. The lowest BCUT2D eigenvalue weighted by atomic mass is 10.4. The molecule has 0 aliphatic rings. The second kappa shape index (κ2) is 5.18. The van der Waals surface area contributed by atoms with Crippen molar-refractivity contribution < 1.29 is 0 Å². The lowest BCUT2D eigenvalue weighted by Gasteiger charge is -2.08. The van der Waals surface area contributed by atoms with Crippen molar-refractivity contribution in [3.63, 3.8) is 0 Å². The Labute approximate surface area is 105 Å². The van der Waals surface area contributed by atoms with Crippen LogP contribution in [-0.4, -0.2) is 14.8 Å². The first-order valence-corrected chi connectivity index (χ1v) is 6.55. The minimum atomic E-state index is 0.691. The van der Waals surface area contributed by atoms with E-state index in [1.807, 2.05) is 17.0 Å². The van der Waals surface area contributed by atoms with Crippen LogP contribution in [0.2, 0.25) is 0 Å². The van der Waals surface area contributed by atoms with Crippen molar-refractivity contribution in [2.24, 2.45) is 0 Å². The molecule has 5 nitrogen and oxygen atoms in total. The van der Waals surface area contributed by atoms with Crippen LogP contribution < -0.4 is 11.1 Å². The molecule has 0 saturated carbocycles. The van der Waals surface area contributed by atoms with Gasteiger partial charge in [0.2, 0.25) is 0 Å². The molecule has 6 heteroatoms. The van der Waals surface area contributed by atoms with Gasteiger partial charge in [0.05, 0.1) is 17.9 Å². The molecule has 0 atom stereocenters. The number of hydrogen-bond donors (Lipinski definition) is 2. The van der Waals surface area contributed by atoms with Gasteiger partial charge in [0.1, 0.15) is 10.8 Å². The largest absolute Gasteiger partial charge is 0.394 e. The highest BCUT2D eigenvalue weighted by Gasteiger charge is 2.11. The fraction of sp³-hybridized carbons (Fsp3) is 0.455. The first kappa shape index (κ1) is 11.9. The maximum Gasteiger partial charge on any atom is 0.148 e. The van der Waals surface area contributed by atoms with Gasteiger partial charge < -0.3 is 11.1 Å². The lowest BCUT2D eigenvalue weighted by molar-refractivity contribution is 0.602. The van der Waals surface area contributed by atoms with E-state index in [0.717, 1.165) is 35.2 Å². The fourth-order valence-corrected chi connectivity index (χ4v) is 2.21. The molecule has 2 aromatic heterocycles. The van der Waals surface area contributed by atoms with Crippen molar-refractivity contribution in [2.45, 2.75) is 33.4 Å². The van der Waals surface area contributed by atoms with Gasteiger partial charge in [0, 0.05) is 18.1 Å². The average Bonchev–Trinajstić information content (AvgIpc) is 2.89. The van der Waals surface area contributed by atoms with E-state index in [9.17, 15) is 0 Å². The van der Waals surface area contributed by atoms with E-state index in [0.29, 0.717) is 6.54 Å². The third-order valence-corrected chi connectivity index (χ3v) is 3.28. The summed E-state index contributed by atoms with van der Waals surface area (Å²) in [5.41, 5.74) is 7.62. The summed E-state index contributed by atoms with van der Waals surface area (Å²) in [4.78, 5) is 4.23. The maximum absolute atomic E-state index is 6.01. The maximum atomic E-state index is 6.01. The molecular formula is C11H17N5S.